The lowest BCUT2D eigenvalue weighted by Crippen LogP contribution is -2.33. The highest BCUT2D eigenvalue weighted by atomic mass is 35.5. The number of aromatic amines is 1. The Morgan fingerprint density at radius 3 is 2.92 bits per heavy atom. The van der Waals surface area contributed by atoms with Crippen LogP contribution in [0.2, 0.25) is 5.02 Å². The van der Waals surface area contributed by atoms with Crippen molar-refractivity contribution in [1.82, 2.24) is 29.9 Å². The van der Waals surface area contributed by atoms with E-state index in [1.807, 2.05) is 25.4 Å². The van der Waals surface area contributed by atoms with Crippen LogP contribution in [0.4, 0.5) is 0 Å². The van der Waals surface area contributed by atoms with E-state index in [4.69, 9.17) is 16.1 Å². The van der Waals surface area contributed by atoms with Gasteiger partial charge in [0.2, 0.25) is 5.82 Å². The summed E-state index contributed by atoms with van der Waals surface area (Å²) >= 11 is 6.39. The van der Waals surface area contributed by atoms with Crippen LogP contribution in [0.25, 0.3) is 33.8 Å². The minimum atomic E-state index is -1.01. The van der Waals surface area contributed by atoms with Gasteiger partial charge in [0.05, 0.1) is 16.3 Å². The highest BCUT2D eigenvalue weighted by molar-refractivity contribution is 6.34. The van der Waals surface area contributed by atoms with Crippen molar-refractivity contribution in [3.05, 3.63) is 35.4 Å². The summed E-state index contributed by atoms with van der Waals surface area (Å²) < 4.78 is 7.04. The van der Waals surface area contributed by atoms with Gasteiger partial charge >= 0.3 is 0 Å². The maximum absolute atomic E-state index is 10.4. The quantitative estimate of drug-likeness (QED) is 0.574. The van der Waals surface area contributed by atoms with Crippen LogP contribution in [0, 0.1) is 0 Å². The maximum atomic E-state index is 10.4. The van der Waals surface area contributed by atoms with Crippen molar-refractivity contribution in [2.75, 3.05) is 0 Å². The van der Waals surface area contributed by atoms with Gasteiger partial charge in [0.25, 0.3) is 5.89 Å². The summed E-state index contributed by atoms with van der Waals surface area (Å²) in [6.07, 6.45) is 5.61. The fourth-order valence-electron chi connectivity index (χ4n) is 3.21. The number of pyridine rings is 1. The molecule has 0 atom stereocenters. The zero-order valence-corrected chi connectivity index (χ0v) is 14.7. The van der Waals surface area contributed by atoms with Crippen molar-refractivity contribution in [2.45, 2.75) is 24.9 Å². The number of nitrogens with zero attached hydrogens (tertiary/aromatic N) is 5. The second-order valence-corrected chi connectivity index (χ2v) is 7.02. The molecule has 0 radical (unpaired) electrons. The average molecular weight is 371 g/mol. The number of rotatable bonds is 3. The van der Waals surface area contributed by atoms with Gasteiger partial charge in [0.1, 0.15) is 16.9 Å². The zero-order valence-electron chi connectivity index (χ0n) is 13.9. The highest BCUT2D eigenvalue weighted by Crippen LogP contribution is 2.42. The van der Waals surface area contributed by atoms with Crippen LogP contribution in [0.5, 0.6) is 0 Å². The van der Waals surface area contributed by atoms with Crippen LogP contribution in [0.3, 0.4) is 0 Å². The molecule has 9 heteroatoms. The summed E-state index contributed by atoms with van der Waals surface area (Å²) in [5, 5.41) is 20.0. The van der Waals surface area contributed by atoms with Crippen LogP contribution >= 0.6 is 11.6 Å². The molecule has 4 aromatic rings. The average Bonchev–Trinajstić information content (AvgIpc) is 3.31. The zero-order chi connectivity index (χ0) is 17.9. The van der Waals surface area contributed by atoms with E-state index < -0.39 is 5.60 Å². The Morgan fingerprint density at radius 1 is 1.38 bits per heavy atom. The van der Waals surface area contributed by atoms with Crippen LogP contribution in [0.1, 0.15) is 25.2 Å². The predicted octanol–water partition coefficient (Wildman–Crippen LogP) is 3.04. The van der Waals surface area contributed by atoms with Gasteiger partial charge in [0, 0.05) is 24.8 Å². The molecular weight excluding hydrogens is 356 g/mol. The second-order valence-electron chi connectivity index (χ2n) is 6.61. The second kappa shape index (κ2) is 5.39. The number of H-pyrrole nitrogens is 1. The normalized spacial score (nSPS) is 16.1. The van der Waals surface area contributed by atoms with Crippen LogP contribution in [-0.4, -0.2) is 35.0 Å². The van der Waals surface area contributed by atoms with Gasteiger partial charge in [-0.1, -0.05) is 16.8 Å². The van der Waals surface area contributed by atoms with Crippen molar-refractivity contribution < 1.29 is 9.63 Å². The maximum Gasteiger partial charge on any atom is 0.258 e. The van der Waals surface area contributed by atoms with Gasteiger partial charge < -0.3 is 14.6 Å². The number of aromatic nitrogens is 6. The molecule has 8 nitrogen and oxygen atoms in total. The minimum Gasteiger partial charge on any atom is -0.380 e. The van der Waals surface area contributed by atoms with E-state index in [0.717, 1.165) is 23.2 Å². The van der Waals surface area contributed by atoms with Crippen LogP contribution < -0.4 is 0 Å². The molecule has 0 aromatic carbocycles. The molecule has 1 fully saturated rings. The third-order valence-corrected chi connectivity index (χ3v) is 5.12. The third kappa shape index (κ3) is 2.26. The van der Waals surface area contributed by atoms with Gasteiger partial charge in [0.15, 0.2) is 0 Å². The van der Waals surface area contributed by atoms with E-state index in [2.05, 4.69) is 25.2 Å². The largest absolute Gasteiger partial charge is 0.380 e. The van der Waals surface area contributed by atoms with Gasteiger partial charge in [-0.25, -0.2) is 4.98 Å². The predicted molar refractivity (Wildman–Crippen MR) is 94.3 cm³/mol. The van der Waals surface area contributed by atoms with E-state index in [9.17, 15) is 5.11 Å². The summed E-state index contributed by atoms with van der Waals surface area (Å²) in [5.41, 5.74) is 1.87. The van der Waals surface area contributed by atoms with Crippen molar-refractivity contribution in [3.63, 3.8) is 0 Å². The SMILES string of the molecule is Cn1ccc(-c2cc3c(-c4noc(C5(O)CCC5)n4)c(Cl)cnc3[nH]2)n1. The van der Waals surface area contributed by atoms with Crippen LogP contribution in [0.15, 0.2) is 29.0 Å². The van der Waals surface area contributed by atoms with E-state index in [-0.39, 0.29) is 5.89 Å². The van der Waals surface area contributed by atoms with Gasteiger partial charge in [-0.05, 0) is 31.4 Å². The molecule has 0 unspecified atom stereocenters. The number of nitrogens with one attached hydrogen (secondary N) is 1. The molecule has 4 aromatic heterocycles. The molecule has 0 bridgehead atoms. The number of aliphatic hydroxyl groups is 1. The highest BCUT2D eigenvalue weighted by Gasteiger charge is 2.42. The summed E-state index contributed by atoms with van der Waals surface area (Å²) in [4.78, 5) is 12.0. The molecule has 0 aliphatic heterocycles. The van der Waals surface area contributed by atoms with Gasteiger partial charge in [-0.15, -0.1) is 0 Å². The lowest BCUT2D eigenvalue weighted by atomic mass is 9.80. The first-order valence-electron chi connectivity index (χ1n) is 8.28. The van der Waals surface area contributed by atoms with E-state index in [0.29, 0.717) is 34.9 Å². The molecule has 2 N–H and O–H groups in total. The lowest BCUT2D eigenvalue weighted by Gasteiger charge is -2.32. The minimum absolute atomic E-state index is 0.236. The summed E-state index contributed by atoms with van der Waals surface area (Å²) in [7, 11) is 1.86. The Morgan fingerprint density at radius 2 is 2.23 bits per heavy atom. The molecule has 1 saturated carbocycles. The number of fused-ring (bicyclic) bond motifs is 1. The molecular formula is C17H15ClN6O2. The van der Waals surface area contributed by atoms with Crippen molar-refractivity contribution >= 4 is 22.6 Å². The number of hydrogen-bond donors (Lipinski definition) is 2. The Labute approximate surface area is 152 Å². The van der Waals surface area contributed by atoms with Crippen molar-refractivity contribution in [3.8, 4) is 22.8 Å². The Hall–Kier alpha value is -2.71. The van der Waals surface area contributed by atoms with E-state index in [1.165, 1.54) is 0 Å². The van der Waals surface area contributed by atoms with Crippen molar-refractivity contribution in [2.24, 2.45) is 7.05 Å². The molecule has 26 heavy (non-hydrogen) atoms. The monoisotopic (exact) mass is 370 g/mol. The summed E-state index contributed by atoms with van der Waals surface area (Å²) in [5.74, 6) is 0.574. The first-order chi connectivity index (χ1) is 12.5. The van der Waals surface area contributed by atoms with Gasteiger partial charge in [-0.3, -0.25) is 4.68 Å². The van der Waals surface area contributed by atoms with E-state index >= 15 is 0 Å². The van der Waals surface area contributed by atoms with Crippen molar-refractivity contribution in [1.29, 1.82) is 0 Å². The van der Waals surface area contributed by atoms with Gasteiger partial charge in [-0.2, -0.15) is 10.1 Å². The Balaban J connectivity index is 1.65. The smallest absolute Gasteiger partial charge is 0.258 e. The standard InChI is InChI=1S/C17H15ClN6O2/c1-24-6-3-11(22-24)12-7-9-13(10(18)8-19-14(9)20-12)15-21-16(26-23-15)17(25)4-2-5-17/h3,6-8,25H,2,4-5H2,1H3,(H,19,20). The van der Waals surface area contributed by atoms with E-state index in [1.54, 1.807) is 10.9 Å². The molecule has 5 rings (SSSR count). The fourth-order valence-corrected chi connectivity index (χ4v) is 3.45. The first-order valence-corrected chi connectivity index (χ1v) is 8.65. The fraction of sp³-hybridized carbons (Fsp3) is 0.294. The molecule has 132 valence electrons. The number of halogens is 1. The summed E-state index contributed by atoms with van der Waals surface area (Å²) in [6, 6.07) is 3.82. The molecule has 0 amide bonds. The molecule has 1 aliphatic carbocycles. The lowest BCUT2D eigenvalue weighted by molar-refractivity contribution is -0.0646. The number of hydrogen-bond acceptors (Lipinski definition) is 6. The Bertz CT molecular complexity index is 1120. The third-order valence-electron chi connectivity index (χ3n) is 4.83. The molecule has 0 saturated heterocycles. The topological polar surface area (TPSA) is 106 Å². The molecule has 1 aliphatic rings. The number of aryl methyl sites for hydroxylation is 1. The first kappa shape index (κ1) is 15.5. The van der Waals surface area contributed by atoms with Crippen LogP contribution in [-0.2, 0) is 12.6 Å². The molecule has 0 spiro atoms. The Kier molecular flexibility index (Phi) is 3.22. The summed E-state index contributed by atoms with van der Waals surface area (Å²) in [6.45, 7) is 0. The molecule has 4 heterocycles.